The van der Waals surface area contributed by atoms with Gasteiger partial charge in [0.2, 0.25) is 0 Å². The maximum absolute atomic E-state index is 11.9. The fourth-order valence-corrected chi connectivity index (χ4v) is 2.10. The Balaban J connectivity index is -0.00000161. The average molecular weight is 372 g/mol. The second-order valence-corrected chi connectivity index (χ2v) is 6.55. The van der Waals surface area contributed by atoms with Crippen LogP contribution in [0.1, 0.15) is 51.3 Å². The topological polar surface area (TPSA) is 107 Å². The van der Waals surface area contributed by atoms with Crippen LogP contribution in [-0.2, 0) is 19.6 Å². The first kappa shape index (κ1) is 22.3. The van der Waals surface area contributed by atoms with E-state index in [1.54, 1.807) is 27.7 Å². The van der Waals surface area contributed by atoms with Crippen molar-refractivity contribution in [3.05, 3.63) is 29.3 Å². The van der Waals surface area contributed by atoms with Gasteiger partial charge in [-0.2, -0.15) is 8.42 Å². The van der Waals surface area contributed by atoms with Gasteiger partial charge >= 0.3 is 49.7 Å². The van der Waals surface area contributed by atoms with Gasteiger partial charge in [-0.3, -0.25) is 4.55 Å². The van der Waals surface area contributed by atoms with Crippen molar-refractivity contribution in [2.24, 2.45) is 0 Å². The van der Waals surface area contributed by atoms with E-state index in [9.17, 15) is 18.0 Å². The van der Waals surface area contributed by atoms with E-state index in [1.165, 1.54) is 0 Å². The van der Waals surface area contributed by atoms with Gasteiger partial charge in [-0.1, -0.05) is 0 Å². The molecule has 1 aromatic rings. The molecule has 23 heavy (non-hydrogen) atoms. The third-order valence-electron chi connectivity index (χ3n) is 2.36. The Labute approximate surface area is 168 Å². The third kappa shape index (κ3) is 7.17. The molecule has 0 aromatic heterocycles. The summed E-state index contributed by atoms with van der Waals surface area (Å²) in [7, 11) is -4.59. The Bertz CT molecular complexity index is 650. The zero-order valence-electron chi connectivity index (χ0n) is 15.4. The van der Waals surface area contributed by atoms with Crippen molar-refractivity contribution >= 4 is 59.8 Å². The van der Waals surface area contributed by atoms with E-state index in [0.717, 1.165) is 18.2 Å². The van der Waals surface area contributed by atoms with Gasteiger partial charge in [0.05, 0.1) is 28.2 Å². The Kier molecular flexibility index (Phi) is 8.72. The summed E-state index contributed by atoms with van der Waals surface area (Å²) in [4.78, 5) is 23.2. The zero-order valence-corrected chi connectivity index (χ0v) is 16.4. The molecule has 0 unspecified atom stereocenters. The molecule has 0 aliphatic carbocycles. The van der Waals surface area contributed by atoms with E-state index in [4.69, 9.17) is 14.0 Å². The largest absolute Gasteiger partial charge is 2.00 e. The molecule has 0 atom stereocenters. The Hall–Kier alpha value is -0.670. The van der Waals surface area contributed by atoms with Crippen LogP contribution in [0.5, 0.6) is 0 Å². The van der Waals surface area contributed by atoms with E-state index >= 15 is 0 Å². The molecular formula is C14H20CaO7S. The van der Waals surface area contributed by atoms with Crippen LogP contribution in [0.15, 0.2) is 23.1 Å². The molecule has 0 aliphatic rings. The Morgan fingerprint density at radius 2 is 1.30 bits per heavy atom. The minimum absolute atomic E-state index is 0. The quantitative estimate of drug-likeness (QED) is 0.478. The second kappa shape index (κ2) is 8.98. The van der Waals surface area contributed by atoms with Crippen molar-refractivity contribution in [2.45, 2.75) is 44.8 Å². The molecule has 1 aromatic carbocycles. The Morgan fingerprint density at radius 1 is 0.957 bits per heavy atom. The molecule has 0 aliphatic heterocycles. The number of carbonyl (C=O) groups is 2. The predicted octanol–water partition coefficient (Wildman–Crippen LogP) is 1.91. The molecule has 0 bridgehead atoms. The third-order valence-corrected chi connectivity index (χ3v) is 3.19. The predicted molar refractivity (Wildman–Crippen MR) is 85.3 cm³/mol. The van der Waals surface area contributed by atoms with Crippen molar-refractivity contribution in [1.82, 2.24) is 0 Å². The molecule has 0 heterocycles. The number of rotatable bonds is 5. The summed E-state index contributed by atoms with van der Waals surface area (Å²) in [5.74, 6) is -1.61. The molecule has 0 radical (unpaired) electrons. The fourth-order valence-electron chi connectivity index (χ4n) is 1.55. The molecule has 7 nitrogen and oxygen atoms in total. The van der Waals surface area contributed by atoms with Crippen LogP contribution in [0.2, 0.25) is 0 Å². The summed E-state index contributed by atoms with van der Waals surface area (Å²) in [6.07, 6.45) is -0.846. The summed E-state index contributed by atoms with van der Waals surface area (Å²) in [5.41, 5.74) is -0.334. The molecule has 0 saturated carbocycles. The summed E-state index contributed by atoms with van der Waals surface area (Å²) in [6.45, 7) is 6.49. The van der Waals surface area contributed by atoms with Crippen LogP contribution in [0, 0.1) is 0 Å². The molecule has 9 heteroatoms. The van der Waals surface area contributed by atoms with Gasteiger partial charge in [0.25, 0.3) is 10.1 Å². The minimum Gasteiger partial charge on any atom is -1.00 e. The van der Waals surface area contributed by atoms with Gasteiger partial charge in [-0.05, 0) is 45.9 Å². The molecular weight excluding hydrogens is 352 g/mol. The number of ether oxygens (including phenoxy) is 2. The smallest absolute Gasteiger partial charge is 1.00 e. The van der Waals surface area contributed by atoms with E-state index in [0.29, 0.717) is 0 Å². The van der Waals surface area contributed by atoms with Crippen molar-refractivity contribution in [3.63, 3.8) is 0 Å². The number of benzene rings is 1. The zero-order chi connectivity index (χ0) is 17.1. The van der Waals surface area contributed by atoms with Crippen molar-refractivity contribution in [2.75, 3.05) is 0 Å². The van der Waals surface area contributed by atoms with Crippen LogP contribution in [-0.4, -0.2) is 74.9 Å². The molecule has 1 rings (SSSR count). The van der Waals surface area contributed by atoms with Gasteiger partial charge in [0, 0.05) is 0 Å². The monoisotopic (exact) mass is 372 g/mol. The van der Waals surface area contributed by atoms with Crippen LogP contribution in [0.4, 0.5) is 0 Å². The van der Waals surface area contributed by atoms with Crippen molar-refractivity contribution in [1.29, 1.82) is 0 Å². The summed E-state index contributed by atoms with van der Waals surface area (Å²) >= 11 is 0. The first-order valence-electron chi connectivity index (χ1n) is 6.55. The average Bonchev–Trinajstić information content (AvgIpc) is 2.35. The van der Waals surface area contributed by atoms with Gasteiger partial charge < -0.3 is 12.3 Å². The first-order chi connectivity index (χ1) is 10.0. The fraction of sp³-hybridized carbons (Fsp3) is 0.429. The number of carbonyl (C=O) groups excluding carboxylic acids is 2. The maximum atomic E-state index is 11.9. The van der Waals surface area contributed by atoms with E-state index in [-0.39, 0.29) is 51.7 Å². The normalized spacial score (nSPS) is 11.1. The van der Waals surface area contributed by atoms with Crippen LogP contribution in [0.3, 0.4) is 0 Å². The van der Waals surface area contributed by atoms with Gasteiger partial charge in [-0.25, -0.2) is 9.59 Å². The summed E-state index contributed by atoms with van der Waals surface area (Å²) < 4.78 is 41.6. The van der Waals surface area contributed by atoms with Crippen molar-refractivity contribution in [3.8, 4) is 0 Å². The maximum Gasteiger partial charge on any atom is 2.00 e. The van der Waals surface area contributed by atoms with Gasteiger partial charge in [0.15, 0.2) is 0 Å². The molecule has 0 amide bonds. The van der Waals surface area contributed by atoms with E-state index in [2.05, 4.69) is 0 Å². The van der Waals surface area contributed by atoms with E-state index in [1.807, 2.05) is 0 Å². The summed E-state index contributed by atoms with van der Waals surface area (Å²) in [6, 6.07) is 3.03. The van der Waals surface area contributed by atoms with Gasteiger partial charge in [0.1, 0.15) is 0 Å². The van der Waals surface area contributed by atoms with Gasteiger partial charge in [-0.15, -0.1) is 0 Å². The standard InChI is InChI=1S/C14H18O7S.Ca.2H/c1-8(2)20-13(15)10-5-11(14(16)21-9(3)4)7-12(6-10)22(17,18)19;;;/h5-9H,1-4H3,(H,17,18,19);;;/q;+2;2*-1. The van der Waals surface area contributed by atoms with Crippen LogP contribution < -0.4 is 0 Å². The number of esters is 2. The van der Waals surface area contributed by atoms with Crippen LogP contribution >= 0.6 is 0 Å². The summed E-state index contributed by atoms with van der Waals surface area (Å²) in [5, 5.41) is 0. The first-order valence-corrected chi connectivity index (χ1v) is 7.99. The van der Waals surface area contributed by atoms with Crippen molar-refractivity contribution < 1.29 is 34.9 Å². The minimum atomic E-state index is -4.59. The van der Waals surface area contributed by atoms with E-state index < -0.39 is 39.2 Å². The molecule has 0 fully saturated rings. The number of hydrogen-bond donors (Lipinski definition) is 1. The molecule has 0 spiro atoms. The SMILES string of the molecule is CC(C)OC(=O)c1cc(C(=O)OC(C)C)cc(S(=O)(=O)O)c1.[Ca+2].[H-].[H-]. The molecule has 126 valence electrons. The second-order valence-electron chi connectivity index (χ2n) is 5.13. The van der Waals surface area contributed by atoms with Crippen LogP contribution in [0.25, 0.3) is 0 Å². The molecule has 0 saturated heterocycles. The number of hydrogen-bond acceptors (Lipinski definition) is 6. The Morgan fingerprint density at radius 3 is 1.57 bits per heavy atom. The molecule has 1 N–H and O–H groups in total.